The van der Waals surface area contributed by atoms with Gasteiger partial charge in [0.15, 0.2) is 0 Å². The number of para-hydroxylation sites is 2. The highest BCUT2D eigenvalue weighted by Crippen LogP contribution is 2.33. The van der Waals surface area contributed by atoms with Crippen LogP contribution in [0.2, 0.25) is 0 Å². The van der Waals surface area contributed by atoms with Gasteiger partial charge in [-0.2, -0.15) is 0 Å². The van der Waals surface area contributed by atoms with Crippen molar-refractivity contribution in [3.05, 3.63) is 84.4 Å². The molecule has 0 heterocycles. The molecule has 0 fully saturated rings. The van der Waals surface area contributed by atoms with Gasteiger partial charge in [-0.05, 0) is 68.0 Å². The molecular weight excluding hydrogens is 571 g/mol. The number of carbonyl (C=O) groups is 2. The average molecular weight is 612 g/mol. The molecule has 0 aliphatic heterocycles. The van der Waals surface area contributed by atoms with Gasteiger partial charge in [-0.15, -0.1) is 11.8 Å². The minimum atomic E-state index is -4.20. The van der Waals surface area contributed by atoms with E-state index in [0.29, 0.717) is 25.3 Å². The maximum absolute atomic E-state index is 14.2. The zero-order valence-electron chi connectivity index (χ0n) is 24.8. The van der Waals surface area contributed by atoms with Crippen LogP contribution in [0, 0.1) is 0 Å². The smallest absolute Gasteiger partial charge is 0.264 e. The first-order chi connectivity index (χ1) is 20.3. The summed E-state index contributed by atoms with van der Waals surface area (Å²) in [5.74, 6) is -0.407. The van der Waals surface area contributed by atoms with Gasteiger partial charge in [-0.1, -0.05) is 62.7 Å². The van der Waals surface area contributed by atoms with Crippen molar-refractivity contribution in [1.82, 2.24) is 10.2 Å². The van der Waals surface area contributed by atoms with Gasteiger partial charge in [-0.25, -0.2) is 8.42 Å². The molecule has 0 aromatic heterocycles. The van der Waals surface area contributed by atoms with Crippen molar-refractivity contribution < 1.29 is 22.7 Å². The first-order valence-electron chi connectivity index (χ1n) is 14.3. The lowest BCUT2D eigenvalue weighted by atomic mass is 10.1. The molecule has 8 nitrogen and oxygen atoms in total. The SMILES string of the molecule is CCCCNC(=O)[C@@H](CC)N(Cc1ccccc1)C(=O)CN(c1ccccc1OCC)S(=O)(=O)c1ccc(SC)cc1. The molecule has 1 N–H and O–H groups in total. The van der Waals surface area contributed by atoms with Crippen molar-refractivity contribution in [3.8, 4) is 5.75 Å². The Balaban J connectivity index is 2.07. The Labute approximate surface area is 254 Å². The summed E-state index contributed by atoms with van der Waals surface area (Å²) >= 11 is 1.51. The van der Waals surface area contributed by atoms with Crippen molar-refractivity contribution in [2.24, 2.45) is 0 Å². The molecule has 0 aliphatic carbocycles. The predicted molar refractivity (Wildman–Crippen MR) is 169 cm³/mol. The highest BCUT2D eigenvalue weighted by Gasteiger charge is 2.34. The highest BCUT2D eigenvalue weighted by molar-refractivity contribution is 7.98. The van der Waals surface area contributed by atoms with E-state index < -0.39 is 28.5 Å². The number of rotatable bonds is 16. The molecule has 0 unspecified atom stereocenters. The van der Waals surface area contributed by atoms with Crippen LogP contribution in [0.15, 0.2) is 88.7 Å². The monoisotopic (exact) mass is 611 g/mol. The number of amides is 2. The number of thioether (sulfide) groups is 1. The molecule has 0 aliphatic rings. The highest BCUT2D eigenvalue weighted by atomic mass is 32.2. The lowest BCUT2D eigenvalue weighted by Crippen LogP contribution is -2.52. The quantitative estimate of drug-likeness (QED) is 0.164. The number of unbranched alkanes of at least 4 members (excludes halogenated alkanes) is 1. The maximum atomic E-state index is 14.2. The first-order valence-corrected chi connectivity index (χ1v) is 16.9. The summed E-state index contributed by atoms with van der Waals surface area (Å²) in [4.78, 5) is 30.0. The van der Waals surface area contributed by atoms with Crippen molar-refractivity contribution in [2.45, 2.75) is 62.4 Å². The third-order valence-electron chi connectivity index (χ3n) is 6.77. The van der Waals surface area contributed by atoms with E-state index in [2.05, 4.69) is 5.32 Å². The van der Waals surface area contributed by atoms with E-state index in [1.165, 1.54) is 16.7 Å². The normalized spacial score (nSPS) is 11.9. The summed E-state index contributed by atoms with van der Waals surface area (Å²) < 4.78 is 35.2. The molecule has 42 heavy (non-hydrogen) atoms. The maximum Gasteiger partial charge on any atom is 0.264 e. The fraction of sp³-hybridized carbons (Fsp3) is 0.375. The molecule has 226 valence electrons. The lowest BCUT2D eigenvalue weighted by Gasteiger charge is -2.33. The second-order valence-corrected chi connectivity index (χ2v) is 12.4. The number of nitrogens with one attached hydrogen (secondary N) is 1. The molecule has 3 aromatic carbocycles. The van der Waals surface area contributed by atoms with Crippen LogP contribution in [0.4, 0.5) is 5.69 Å². The lowest BCUT2D eigenvalue weighted by molar-refractivity contribution is -0.140. The number of ether oxygens (including phenoxy) is 1. The van der Waals surface area contributed by atoms with Gasteiger partial charge >= 0.3 is 0 Å². The van der Waals surface area contributed by atoms with Crippen molar-refractivity contribution in [1.29, 1.82) is 0 Å². The molecule has 1 atom stereocenters. The van der Waals surface area contributed by atoms with Gasteiger partial charge < -0.3 is 15.0 Å². The van der Waals surface area contributed by atoms with Gasteiger partial charge in [0.1, 0.15) is 18.3 Å². The third-order valence-corrected chi connectivity index (χ3v) is 9.29. The van der Waals surface area contributed by atoms with Gasteiger partial charge in [0.2, 0.25) is 11.8 Å². The second kappa shape index (κ2) is 16.2. The van der Waals surface area contributed by atoms with Crippen LogP contribution in [0.25, 0.3) is 0 Å². The van der Waals surface area contributed by atoms with Crippen LogP contribution in [0.1, 0.15) is 45.6 Å². The van der Waals surface area contributed by atoms with E-state index in [-0.39, 0.29) is 23.0 Å². The summed E-state index contributed by atoms with van der Waals surface area (Å²) in [6, 6.07) is 21.9. The Morgan fingerprint density at radius 3 is 2.21 bits per heavy atom. The molecule has 10 heteroatoms. The van der Waals surface area contributed by atoms with Crippen molar-refractivity contribution >= 4 is 39.3 Å². The van der Waals surface area contributed by atoms with Crippen molar-refractivity contribution in [3.63, 3.8) is 0 Å². The van der Waals surface area contributed by atoms with Crippen LogP contribution in [-0.2, 0) is 26.2 Å². The summed E-state index contributed by atoms with van der Waals surface area (Å²) in [5, 5.41) is 2.95. The Kier molecular flexibility index (Phi) is 12.7. The van der Waals surface area contributed by atoms with Crippen LogP contribution in [0.5, 0.6) is 5.75 Å². The Hall–Kier alpha value is -3.50. The predicted octanol–water partition coefficient (Wildman–Crippen LogP) is 5.73. The van der Waals surface area contributed by atoms with Crippen LogP contribution in [-0.4, -0.2) is 57.1 Å². The number of carbonyl (C=O) groups excluding carboxylic acids is 2. The van der Waals surface area contributed by atoms with Crippen molar-refractivity contribution in [2.75, 3.05) is 30.3 Å². The van der Waals surface area contributed by atoms with E-state index in [0.717, 1.165) is 27.6 Å². The molecule has 0 saturated heterocycles. The molecule has 3 aromatic rings. The molecule has 0 saturated carbocycles. The van der Waals surface area contributed by atoms with E-state index in [4.69, 9.17) is 4.74 Å². The molecule has 0 radical (unpaired) electrons. The number of benzene rings is 3. The average Bonchev–Trinajstić information content (AvgIpc) is 3.01. The van der Waals surface area contributed by atoms with E-state index in [9.17, 15) is 18.0 Å². The largest absolute Gasteiger partial charge is 0.492 e. The van der Waals surface area contributed by atoms with Gasteiger partial charge in [0, 0.05) is 18.0 Å². The second-order valence-electron chi connectivity index (χ2n) is 9.66. The fourth-order valence-electron chi connectivity index (χ4n) is 4.53. The molecule has 2 amide bonds. The zero-order valence-corrected chi connectivity index (χ0v) is 26.4. The number of anilines is 1. The van der Waals surface area contributed by atoms with E-state index >= 15 is 0 Å². The number of sulfonamides is 1. The number of hydrogen-bond acceptors (Lipinski definition) is 6. The minimum absolute atomic E-state index is 0.0540. The summed E-state index contributed by atoms with van der Waals surface area (Å²) in [7, 11) is -4.20. The molecule has 3 rings (SSSR count). The van der Waals surface area contributed by atoms with Crippen LogP contribution < -0.4 is 14.4 Å². The Morgan fingerprint density at radius 2 is 1.60 bits per heavy atom. The van der Waals surface area contributed by atoms with E-state index in [1.807, 2.05) is 57.4 Å². The van der Waals surface area contributed by atoms with Gasteiger partial charge in [-0.3, -0.25) is 13.9 Å². The standard InChI is InChI=1S/C32H41N3O5S2/c1-5-8-22-33-32(37)28(6-2)34(23-25-14-10-9-11-15-25)31(36)24-35(29-16-12-13-17-30(29)40-7-3)42(38,39)27-20-18-26(41-4)19-21-27/h9-21,28H,5-8,22-24H2,1-4H3,(H,33,37)/t28-/m1/s1. The van der Waals surface area contributed by atoms with Crippen LogP contribution >= 0.6 is 11.8 Å². The Bertz CT molecular complexity index is 1400. The van der Waals surface area contributed by atoms with Gasteiger partial charge in [0.05, 0.1) is 17.2 Å². The fourth-order valence-corrected chi connectivity index (χ4v) is 6.37. The topological polar surface area (TPSA) is 96.0 Å². The zero-order chi connectivity index (χ0) is 30.5. The summed E-state index contributed by atoms with van der Waals surface area (Å²) in [6.45, 7) is 6.17. The molecular formula is C32H41N3O5S2. The number of nitrogens with zero attached hydrogens (tertiary/aromatic N) is 2. The minimum Gasteiger partial charge on any atom is -0.492 e. The first kappa shape index (κ1) is 33.0. The third kappa shape index (κ3) is 8.51. The number of hydrogen-bond donors (Lipinski definition) is 1. The van der Waals surface area contributed by atoms with Crippen LogP contribution in [0.3, 0.4) is 0 Å². The van der Waals surface area contributed by atoms with E-state index in [1.54, 1.807) is 48.5 Å². The summed E-state index contributed by atoms with van der Waals surface area (Å²) in [5.41, 5.74) is 1.09. The molecule has 0 bridgehead atoms. The van der Waals surface area contributed by atoms with Gasteiger partial charge in [0.25, 0.3) is 10.0 Å². The summed E-state index contributed by atoms with van der Waals surface area (Å²) in [6.07, 6.45) is 4.03. The molecule has 0 spiro atoms. The Morgan fingerprint density at radius 1 is 0.929 bits per heavy atom.